The fourth-order valence-corrected chi connectivity index (χ4v) is 2.85. The quantitative estimate of drug-likeness (QED) is 0.444. The molecule has 1 unspecified atom stereocenters. The Hall–Kier alpha value is -2.17. The number of esters is 1. The molecule has 8 heteroatoms. The van der Waals surface area contributed by atoms with Crippen LogP contribution in [0, 0.1) is 17.1 Å². The van der Waals surface area contributed by atoms with E-state index < -0.39 is 17.2 Å². The van der Waals surface area contributed by atoms with Gasteiger partial charge in [0.2, 0.25) is 0 Å². The van der Waals surface area contributed by atoms with E-state index in [-0.39, 0.29) is 28.5 Å². The van der Waals surface area contributed by atoms with Gasteiger partial charge in [0.1, 0.15) is 16.8 Å². The van der Waals surface area contributed by atoms with Gasteiger partial charge in [-0.15, -0.1) is 0 Å². The van der Waals surface area contributed by atoms with Crippen molar-refractivity contribution < 1.29 is 13.9 Å². The molecule has 5 nitrogen and oxygen atoms in total. The van der Waals surface area contributed by atoms with Crippen molar-refractivity contribution in [2.45, 2.75) is 24.4 Å². The summed E-state index contributed by atoms with van der Waals surface area (Å²) in [5, 5.41) is 10.1. The van der Waals surface area contributed by atoms with Crippen LogP contribution in [-0.4, -0.2) is 28.8 Å². The summed E-state index contributed by atoms with van der Waals surface area (Å²) < 4.78 is 19.6. The van der Waals surface area contributed by atoms with E-state index in [9.17, 15) is 14.4 Å². The number of carbonyl (C=O) groups is 1. The van der Waals surface area contributed by atoms with Gasteiger partial charge >= 0.3 is 5.97 Å². The molecule has 0 saturated heterocycles. The highest BCUT2D eigenvalue weighted by Gasteiger charge is 2.38. The maximum atomic E-state index is 14.6. The monoisotopic (exact) mass is 379 g/mol. The first-order chi connectivity index (χ1) is 11.9. The van der Waals surface area contributed by atoms with Crippen LogP contribution in [0.3, 0.4) is 0 Å². The average Bonchev–Trinajstić information content (AvgIpc) is 2.63. The Morgan fingerprint density at radius 1 is 1.52 bits per heavy atom. The summed E-state index contributed by atoms with van der Waals surface area (Å²) in [6.45, 7) is 3.29. The first-order valence-electron chi connectivity index (χ1n) is 7.33. The number of hydrogen-bond acceptors (Lipinski definition) is 6. The maximum absolute atomic E-state index is 14.6. The molecule has 2 rings (SSSR count). The molecule has 0 bridgehead atoms. The van der Waals surface area contributed by atoms with Crippen LogP contribution in [0.5, 0.6) is 0 Å². The summed E-state index contributed by atoms with van der Waals surface area (Å²) in [5.74, 6) is -1.40. The Kier molecular flexibility index (Phi) is 5.98. The van der Waals surface area contributed by atoms with Crippen LogP contribution in [-0.2, 0) is 10.2 Å². The van der Waals surface area contributed by atoms with E-state index in [4.69, 9.17) is 16.3 Å². The number of ether oxygens (including phenoxy) is 1. The molecule has 0 aliphatic carbocycles. The van der Waals surface area contributed by atoms with Gasteiger partial charge < -0.3 is 4.74 Å². The van der Waals surface area contributed by atoms with E-state index >= 15 is 0 Å². The molecule has 0 spiro atoms. The summed E-state index contributed by atoms with van der Waals surface area (Å²) in [7, 11) is 0. The lowest BCUT2D eigenvalue weighted by Gasteiger charge is -2.24. The Balaban J connectivity index is 2.77. The Morgan fingerprint density at radius 3 is 2.84 bits per heavy atom. The van der Waals surface area contributed by atoms with Crippen molar-refractivity contribution in [1.82, 2.24) is 9.97 Å². The van der Waals surface area contributed by atoms with Crippen LogP contribution in [0.25, 0.3) is 0 Å². The summed E-state index contributed by atoms with van der Waals surface area (Å²) in [5.41, 5.74) is -1.43. The molecule has 0 aliphatic rings. The predicted molar refractivity (Wildman–Crippen MR) is 93.2 cm³/mol. The zero-order valence-electron chi connectivity index (χ0n) is 13.8. The molecule has 0 saturated carbocycles. The highest BCUT2D eigenvalue weighted by atomic mass is 35.5. The third-order valence-corrected chi connectivity index (χ3v) is 4.49. The van der Waals surface area contributed by atoms with Crippen LogP contribution in [0.4, 0.5) is 4.39 Å². The summed E-state index contributed by atoms with van der Waals surface area (Å²) in [6, 6.07) is 6.43. The molecule has 25 heavy (non-hydrogen) atoms. The van der Waals surface area contributed by atoms with Crippen molar-refractivity contribution in [3.63, 3.8) is 0 Å². The van der Waals surface area contributed by atoms with E-state index in [1.54, 1.807) is 13.2 Å². The van der Waals surface area contributed by atoms with Crippen molar-refractivity contribution in [3.8, 4) is 6.07 Å². The molecule has 2 aromatic rings. The highest BCUT2D eigenvalue weighted by Crippen LogP contribution is 2.36. The predicted octanol–water partition coefficient (Wildman–Crippen LogP) is 4.00. The molecule has 0 radical (unpaired) electrons. The number of hydrogen-bond donors (Lipinski definition) is 0. The van der Waals surface area contributed by atoms with Crippen LogP contribution >= 0.6 is 23.4 Å². The van der Waals surface area contributed by atoms with Gasteiger partial charge in [-0.3, -0.25) is 0 Å². The zero-order chi connectivity index (χ0) is 18.6. The lowest BCUT2D eigenvalue weighted by Crippen LogP contribution is -2.28. The molecular formula is C17H15ClFN3O2S. The van der Waals surface area contributed by atoms with Crippen LogP contribution < -0.4 is 0 Å². The van der Waals surface area contributed by atoms with Crippen molar-refractivity contribution in [2.24, 2.45) is 0 Å². The van der Waals surface area contributed by atoms with Gasteiger partial charge in [0.25, 0.3) is 0 Å². The fraction of sp³-hybridized carbons (Fsp3) is 0.294. The molecular weight excluding hydrogens is 365 g/mol. The Bertz CT molecular complexity index is 856. The molecule has 1 heterocycles. The minimum Gasteiger partial charge on any atom is -0.462 e. The molecule has 0 fully saturated rings. The average molecular weight is 380 g/mol. The minimum atomic E-state index is -1.55. The minimum absolute atomic E-state index is 0.0167. The van der Waals surface area contributed by atoms with Crippen LogP contribution in [0.1, 0.15) is 35.5 Å². The van der Waals surface area contributed by atoms with E-state index in [0.29, 0.717) is 5.16 Å². The zero-order valence-corrected chi connectivity index (χ0v) is 15.4. The van der Waals surface area contributed by atoms with Gasteiger partial charge in [0, 0.05) is 11.8 Å². The Morgan fingerprint density at radius 2 is 2.24 bits per heavy atom. The lowest BCUT2D eigenvalue weighted by molar-refractivity contribution is 0.0522. The fourth-order valence-electron chi connectivity index (χ4n) is 2.33. The topological polar surface area (TPSA) is 75.9 Å². The van der Waals surface area contributed by atoms with Crippen molar-refractivity contribution in [1.29, 1.82) is 5.26 Å². The third kappa shape index (κ3) is 3.60. The molecule has 1 atom stereocenters. The smallest absolute Gasteiger partial charge is 0.341 e. The summed E-state index contributed by atoms with van der Waals surface area (Å²) in [4.78, 5) is 20.6. The normalized spacial score (nSPS) is 13.0. The SMILES string of the molecule is CCOC(=O)c1cnc(SC)nc1C(C)(C#N)c1cccc(Cl)c1F. The van der Waals surface area contributed by atoms with E-state index in [0.717, 1.165) is 0 Å². The van der Waals surface area contributed by atoms with Crippen molar-refractivity contribution in [3.05, 3.63) is 52.1 Å². The number of nitriles is 1. The number of carbonyl (C=O) groups excluding carboxylic acids is 1. The second kappa shape index (κ2) is 7.81. The number of aromatic nitrogens is 2. The maximum Gasteiger partial charge on any atom is 0.341 e. The number of thioether (sulfide) groups is 1. The largest absolute Gasteiger partial charge is 0.462 e. The lowest BCUT2D eigenvalue weighted by atomic mass is 9.78. The van der Waals surface area contributed by atoms with Gasteiger partial charge in [-0.05, 0) is 26.2 Å². The second-order valence-corrected chi connectivity index (χ2v) is 6.36. The molecule has 1 aromatic heterocycles. The van der Waals surface area contributed by atoms with Crippen LogP contribution in [0.2, 0.25) is 5.02 Å². The van der Waals surface area contributed by atoms with Gasteiger partial charge in [0.15, 0.2) is 5.16 Å². The number of halogens is 2. The summed E-state index contributed by atoms with van der Waals surface area (Å²) in [6.07, 6.45) is 3.05. The van der Waals surface area contributed by atoms with E-state index in [1.165, 1.54) is 43.1 Å². The molecule has 1 aromatic carbocycles. The standard InChI is InChI=1S/C17H15ClFN3O2S/c1-4-24-15(23)10-8-21-16(25-3)22-14(10)17(2,9-20)11-6-5-7-12(18)13(11)19/h5-8H,4H2,1-3H3. The molecule has 0 amide bonds. The van der Waals surface area contributed by atoms with E-state index in [1.807, 2.05) is 0 Å². The molecule has 130 valence electrons. The van der Waals surface area contributed by atoms with E-state index in [2.05, 4.69) is 16.0 Å². The van der Waals surface area contributed by atoms with Gasteiger partial charge in [-0.2, -0.15) is 5.26 Å². The first-order valence-corrected chi connectivity index (χ1v) is 8.93. The molecule has 0 aliphatic heterocycles. The van der Waals surface area contributed by atoms with Gasteiger partial charge in [-0.1, -0.05) is 35.5 Å². The first kappa shape index (κ1) is 19.2. The number of benzene rings is 1. The van der Waals surface area contributed by atoms with Crippen molar-refractivity contribution in [2.75, 3.05) is 12.9 Å². The van der Waals surface area contributed by atoms with Gasteiger partial charge in [-0.25, -0.2) is 19.2 Å². The van der Waals surface area contributed by atoms with Gasteiger partial charge in [0.05, 0.1) is 23.4 Å². The van der Waals surface area contributed by atoms with Crippen LogP contribution in [0.15, 0.2) is 29.6 Å². The highest BCUT2D eigenvalue weighted by molar-refractivity contribution is 7.98. The Labute approximate surface area is 154 Å². The number of rotatable bonds is 5. The summed E-state index contributed by atoms with van der Waals surface area (Å²) >= 11 is 7.10. The molecule has 0 N–H and O–H groups in total. The second-order valence-electron chi connectivity index (χ2n) is 5.18. The number of nitrogens with zero attached hydrogens (tertiary/aromatic N) is 3. The van der Waals surface area contributed by atoms with Crippen molar-refractivity contribution >= 4 is 29.3 Å². The third-order valence-electron chi connectivity index (χ3n) is 3.63.